The first-order chi connectivity index (χ1) is 16.0. The number of nitrogens with zero attached hydrogens (tertiary/aromatic N) is 4. The molecule has 0 unspecified atom stereocenters. The second-order valence-corrected chi connectivity index (χ2v) is 9.57. The Morgan fingerprint density at radius 2 is 1.70 bits per heavy atom. The number of rotatable bonds is 3. The summed E-state index contributed by atoms with van der Waals surface area (Å²) in [5.41, 5.74) is 4.63. The van der Waals surface area contributed by atoms with Crippen LogP contribution in [0.2, 0.25) is 0 Å². The number of aromatic nitrogens is 2. The van der Waals surface area contributed by atoms with Gasteiger partial charge in [0.25, 0.3) is 11.8 Å². The molecule has 0 N–H and O–H groups in total. The zero-order chi connectivity index (χ0) is 22.9. The summed E-state index contributed by atoms with van der Waals surface area (Å²) in [6.45, 7) is 5.18. The van der Waals surface area contributed by atoms with Gasteiger partial charge in [-0.2, -0.15) is 0 Å². The van der Waals surface area contributed by atoms with E-state index in [2.05, 4.69) is 30.1 Å². The van der Waals surface area contributed by atoms with Gasteiger partial charge in [-0.15, -0.1) is 0 Å². The van der Waals surface area contributed by atoms with Gasteiger partial charge in [0.05, 0.1) is 5.56 Å². The van der Waals surface area contributed by atoms with Crippen molar-refractivity contribution in [3.05, 3.63) is 65.1 Å². The zero-order valence-corrected chi connectivity index (χ0v) is 19.6. The fourth-order valence-electron chi connectivity index (χ4n) is 5.29. The van der Waals surface area contributed by atoms with Crippen molar-refractivity contribution in [1.29, 1.82) is 0 Å². The summed E-state index contributed by atoms with van der Waals surface area (Å²) in [7, 11) is 1.96. The largest absolute Gasteiger partial charge is 0.340 e. The fourth-order valence-corrected chi connectivity index (χ4v) is 5.29. The van der Waals surface area contributed by atoms with Crippen LogP contribution in [0.4, 0.5) is 0 Å². The van der Waals surface area contributed by atoms with Crippen LogP contribution in [0.15, 0.2) is 42.6 Å². The standard InChI is InChI=1S/C27H32N4O2/c1-19-8-11-24-22(15-19)16-25(29(24)2)27(33)31-14-6-7-21(18-31)23-10-9-20(17-28-23)26(32)30-12-4-3-5-13-30/h8-11,15-17,21H,3-7,12-14,18H2,1-2H3/t21-/m0/s1. The van der Waals surface area contributed by atoms with Crippen molar-refractivity contribution >= 4 is 22.7 Å². The Bertz CT molecular complexity index is 1170. The van der Waals surface area contributed by atoms with Crippen molar-refractivity contribution in [1.82, 2.24) is 19.4 Å². The smallest absolute Gasteiger partial charge is 0.270 e. The van der Waals surface area contributed by atoms with Crippen molar-refractivity contribution in [2.45, 2.75) is 44.9 Å². The van der Waals surface area contributed by atoms with Gasteiger partial charge >= 0.3 is 0 Å². The molecule has 0 bridgehead atoms. The minimum absolute atomic E-state index is 0.0768. The highest BCUT2D eigenvalue weighted by Gasteiger charge is 2.28. The summed E-state index contributed by atoms with van der Waals surface area (Å²) < 4.78 is 2.00. The molecule has 0 saturated carbocycles. The molecule has 172 valence electrons. The van der Waals surface area contributed by atoms with E-state index >= 15 is 0 Å². The van der Waals surface area contributed by atoms with Crippen LogP contribution in [-0.4, -0.2) is 57.3 Å². The van der Waals surface area contributed by atoms with Gasteiger partial charge in [-0.1, -0.05) is 11.6 Å². The summed E-state index contributed by atoms with van der Waals surface area (Å²) in [6, 6.07) is 12.2. The van der Waals surface area contributed by atoms with Crippen LogP contribution < -0.4 is 0 Å². The molecule has 1 aromatic carbocycles. The van der Waals surface area contributed by atoms with Crippen molar-refractivity contribution < 1.29 is 9.59 Å². The molecule has 0 radical (unpaired) electrons. The van der Waals surface area contributed by atoms with Gasteiger partial charge in [0.2, 0.25) is 0 Å². The molecule has 4 heterocycles. The molecule has 6 heteroatoms. The van der Waals surface area contributed by atoms with E-state index in [-0.39, 0.29) is 17.7 Å². The second kappa shape index (κ2) is 9.00. The average Bonchev–Trinajstić information content (AvgIpc) is 3.19. The van der Waals surface area contributed by atoms with Gasteiger partial charge in [-0.3, -0.25) is 14.6 Å². The van der Waals surface area contributed by atoms with E-state index in [0.29, 0.717) is 12.1 Å². The van der Waals surface area contributed by atoms with Crippen LogP contribution in [0.5, 0.6) is 0 Å². The molecule has 1 atom stereocenters. The maximum absolute atomic E-state index is 13.4. The zero-order valence-electron chi connectivity index (χ0n) is 19.6. The van der Waals surface area contributed by atoms with Crippen LogP contribution >= 0.6 is 0 Å². The third kappa shape index (κ3) is 4.26. The number of likely N-dealkylation sites (tertiary alicyclic amines) is 2. The van der Waals surface area contributed by atoms with Gasteiger partial charge in [-0.25, -0.2) is 0 Å². The molecular weight excluding hydrogens is 412 g/mol. The van der Waals surface area contributed by atoms with Crippen LogP contribution in [-0.2, 0) is 7.05 Å². The monoisotopic (exact) mass is 444 g/mol. The summed E-state index contributed by atoms with van der Waals surface area (Å²) >= 11 is 0. The fraction of sp³-hybridized carbons (Fsp3) is 0.444. The summed E-state index contributed by atoms with van der Waals surface area (Å²) in [4.78, 5) is 34.7. The topological polar surface area (TPSA) is 58.4 Å². The Balaban J connectivity index is 1.30. The van der Waals surface area contributed by atoms with E-state index in [0.717, 1.165) is 67.6 Å². The minimum atomic E-state index is 0.0768. The molecule has 2 fully saturated rings. The number of amides is 2. The molecule has 2 aromatic heterocycles. The molecular formula is C27H32N4O2. The van der Waals surface area contributed by atoms with E-state index in [4.69, 9.17) is 0 Å². The van der Waals surface area contributed by atoms with Gasteiger partial charge in [0, 0.05) is 61.9 Å². The van der Waals surface area contributed by atoms with Gasteiger partial charge < -0.3 is 14.4 Å². The highest BCUT2D eigenvalue weighted by molar-refractivity contribution is 5.99. The van der Waals surface area contributed by atoms with E-state index in [1.54, 1.807) is 6.20 Å². The minimum Gasteiger partial charge on any atom is -0.340 e. The van der Waals surface area contributed by atoms with Crippen molar-refractivity contribution in [2.24, 2.45) is 7.05 Å². The molecule has 5 rings (SSSR count). The number of benzene rings is 1. The Labute approximate surface area is 195 Å². The molecule has 2 aliphatic heterocycles. The van der Waals surface area contributed by atoms with Crippen molar-refractivity contribution in [3.63, 3.8) is 0 Å². The molecule has 2 saturated heterocycles. The average molecular weight is 445 g/mol. The van der Waals surface area contributed by atoms with E-state index in [1.165, 1.54) is 12.0 Å². The normalized spacial score (nSPS) is 19.2. The SMILES string of the molecule is Cc1ccc2c(c1)cc(C(=O)N1CCC[C@H](c3ccc(C(=O)N4CCCCC4)cn3)C1)n2C. The van der Waals surface area contributed by atoms with Crippen LogP contribution in [0.25, 0.3) is 10.9 Å². The lowest BCUT2D eigenvalue weighted by Crippen LogP contribution is -2.40. The molecule has 3 aromatic rings. The number of carbonyl (C=O) groups excluding carboxylic acids is 2. The van der Waals surface area contributed by atoms with Crippen LogP contribution in [0, 0.1) is 6.92 Å². The maximum atomic E-state index is 13.4. The van der Waals surface area contributed by atoms with Gasteiger partial charge in [0.1, 0.15) is 5.69 Å². The third-order valence-corrected chi connectivity index (χ3v) is 7.22. The Morgan fingerprint density at radius 3 is 2.45 bits per heavy atom. The summed E-state index contributed by atoms with van der Waals surface area (Å²) in [5.74, 6) is 0.354. The van der Waals surface area contributed by atoms with Crippen molar-refractivity contribution in [2.75, 3.05) is 26.2 Å². The van der Waals surface area contributed by atoms with E-state index in [9.17, 15) is 9.59 Å². The Hall–Kier alpha value is -3.15. The van der Waals surface area contributed by atoms with Crippen molar-refractivity contribution in [3.8, 4) is 0 Å². The molecule has 2 amide bonds. The lowest BCUT2D eigenvalue weighted by Gasteiger charge is -2.32. The Kier molecular flexibility index (Phi) is 5.92. The van der Waals surface area contributed by atoms with E-state index in [1.807, 2.05) is 39.6 Å². The molecule has 6 nitrogen and oxygen atoms in total. The number of fused-ring (bicyclic) bond motifs is 1. The predicted octanol–water partition coefficient (Wildman–Crippen LogP) is 4.53. The number of hydrogen-bond donors (Lipinski definition) is 0. The maximum Gasteiger partial charge on any atom is 0.270 e. The lowest BCUT2D eigenvalue weighted by atomic mass is 9.93. The molecule has 33 heavy (non-hydrogen) atoms. The summed E-state index contributed by atoms with van der Waals surface area (Å²) in [5, 5.41) is 1.10. The highest BCUT2D eigenvalue weighted by atomic mass is 16.2. The number of aryl methyl sites for hydroxylation is 2. The quantitative estimate of drug-likeness (QED) is 0.596. The van der Waals surface area contributed by atoms with Crippen LogP contribution in [0.1, 0.15) is 70.1 Å². The highest BCUT2D eigenvalue weighted by Crippen LogP contribution is 2.28. The molecule has 2 aliphatic rings. The number of carbonyl (C=O) groups is 2. The van der Waals surface area contributed by atoms with E-state index < -0.39 is 0 Å². The first-order valence-electron chi connectivity index (χ1n) is 12.1. The third-order valence-electron chi connectivity index (χ3n) is 7.22. The first-order valence-corrected chi connectivity index (χ1v) is 12.1. The van der Waals surface area contributed by atoms with Gasteiger partial charge in [-0.05, 0) is 69.4 Å². The lowest BCUT2D eigenvalue weighted by molar-refractivity contribution is 0.0696. The first kappa shape index (κ1) is 21.7. The predicted molar refractivity (Wildman–Crippen MR) is 130 cm³/mol. The second-order valence-electron chi connectivity index (χ2n) is 9.57. The van der Waals surface area contributed by atoms with Crippen LogP contribution in [0.3, 0.4) is 0 Å². The van der Waals surface area contributed by atoms with Gasteiger partial charge in [0.15, 0.2) is 0 Å². The molecule has 0 aliphatic carbocycles. The number of hydrogen-bond acceptors (Lipinski definition) is 3. The molecule has 0 spiro atoms. The Morgan fingerprint density at radius 1 is 0.909 bits per heavy atom. The number of pyridine rings is 1. The summed E-state index contributed by atoms with van der Waals surface area (Å²) in [6.07, 6.45) is 7.05. The number of piperidine rings is 2.